The zero-order valence-electron chi connectivity index (χ0n) is 55.6. The number of fused-ring (bicyclic) bond motifs is 1. The fourth-order valence-corrected chi connectivity index (χ4v) is 23.6. The van der Waals surface area contributed by atoms with Gasteiger partial charge in [-0.05, 0) is 55.5 Å². The Hall–Kier alpha value is -6.85. The number of hydrogen-bond donors (Lipinski definition) is 6. The molecule has 0 amide bonds. The molecule has 0 radical (unpaired) electrons. The van der Waals surface area contributed by atoms with Crippen LogP contribution < -0.4 is 54.1 Å². The van der Waals surface area contributed by atoms with Gasteiger partial charge in [0.25, 0.3) is 16.7 Å². The number of nitrogens with one attached hydrogen (secondary N) is 4. The van der Waals surface area contributed by atoms with Crippen molar-refractivity contribution in [1.82, 2.24) is 38.6 Å². The van der Waals surface area contributed by atoms with Crippen molar-refractivity contribution >= 4 is 97.0 Å². The molecule has 3 aliphatic rings. The minimum absolute atomic E-state index is 0.0127. The van der Waals surface area contributed by atoms with E-state index in [2.05, 4.69) is 91.9 Å². The lowest BCUT2D eigenvalue weighted by Crippen LogP contribution is -2.56. The predicted molar refractivity (Wildman–Crippen MR) is 382 cm³/mol. The van der Waals surface area contributed by atoms with E-state index in [1.54, 1.807) is 0 Å². The van der Waals surface area contributed by atoms with Crippen LogP contribution in [-0.4, -0.2) is 153 Å². The number of hydrogen-bond acceptors (Lipinski definition) is 23. The van der Waals surface area contributed by atoms with Gasteiger partial charge in [-0.15, -0.1) is 0 Å². The third-order valence-electron chi connectivity index (χ3n) is 18.1. The van der Waals surface area contributed by atoms with Crippen LogP contribution in [0.3, 0.4) is 0 Å². The summed E-state index contributed by atoms with van der Waals surface area (Å²) in [5.74, 6) is -0.294. The van der Waals surface area contributed by atoms with Crippen LogP contribution in [0.5, 0.6) is 0 Å². The number of esters is 1. The van der Waals surface area contributed by atoms with Gasteiger partial charge in [-0.3, -0.25) is 52.4 Å². The van der Waals surface area contributed by atoms with Crippen molar-refractivity contribution in [3.63, 3.8) is 0 Å². The van der Waals surface area contributed by atoms with E-state index in [4.69, 9.17) is 69.7 Å². The van der Waals surface area contributed by atoms with Crippen molar-refractivity contribution in [2.45, 2.75) is 134 Å². The Bertz CT molecular complexity index is 4460. The van der Waals surface area contributed by atoms with Crippen molar-refractivity contribution < 1.29 is 61.1 Å². The summed E-state index contributed by atoms with van der Waals surface area (Å²) in [7, 11) is -5.32. The van der Waals surface area contributed by atoms with Crippen molar-refractivity contribution in [3.8, 4) is 0 Å². The van der Waals surface area contributed by atoms with Crippen molar-refractivity contribution in [2.24, 2.45) is 5.92 Å². The number of aliphatic hydroxyl groups is 2. The number of aromatic nitrogens is 8. The van der Waals surface area contributed by atoms with E-state index in [9.17, 15) is 39.0 Å². The van der Waals surface area contributed by atoms with Gasteiger partial charge in [0.15, 0.2) is 17.4 Å². The molecular formula is C66H81N9O18P2S2Si2. The molecule has 27 nitrogen and oxygen atoms in total. The molecule has 8 aromatic rings. The number of rotatable bonds is 30. The van der Waals surface area contributed by atoms with Gasteiger partial charge in [0.1, 0.15) is 65.2 Å². The summed E-state index contributed by atoms with van der Waals surface area (Å²) in [5.41, 5.74) is -2.85. The number of nitrogens with zero attached hydrogens (tertiary/aromatic N) is 5. The first-order valence-corrected chi connectivity index (χ1v) is 43.0. The fraction of sp³-hybridized carbons (Fsp3) is 0.424. The van der Waals surface area contributed by atoms with Crippen LogP contribution in [0, 0.1) is 19.8 Å². The number of imidazole rings is 1. The molecule has 0 bridgehead atoms. The Balaban J connectivity index is 0.943. The SMILES string of the molecule is CC(=O)O[C@H]1C[C@H](n2cc(C)c(=O)[nH]c2=O)O[C@@H]1COP(=S)(OCC[Si](C)(c1ccccc1)c1ccccc1)O[C@H]1C[C@H](n2cc(C)c(=O)[nH]c2=O)O[C@@H]1COP(=S)(OCC[Si](C)(c1ccccc1)c1ccccc1)O[C@H]1[C@@H](O)[C@H](n2cnc3c(=O)[nH]c(NCC(C)C)nc32)O[C@@H]1CO. The van der Waals surface area contributed by atoms with E-state index in [0.717, 1.165) is 20.7 Å². The summed E-state index contributed by atoms with van der Waals surface area (Å²) in [4.78, 5) is 94.8. The lowest BCUT2D eigenvalue weighted by molar-refractivity contribution is -0.150. The van der Waals surface area contributed by atoms with Crippen molar-refractivity contribution in [2.75, 3.05) is 44.9 Å². The molecule has 3 fully saturated rings. The molecule has 3 aliphatic heterocycles. The molecule has 7 heterocycles. The summed E-state index contributed by atoms with van der Waals surface area (Å²) in [5, 5.41) is 31.1. The minimum Gasteiger partial charge on any atom is -0.460 e. The fourth-order valence-electron chi connectivity index (χ4n) is 12.5. The molecule has 0 aliphatic carbocycles. The molecule has 528 valence electrons. The van der Waals surface area contributed by atoms with Gasteiger partial charge >= 0.3 is 30.8 Å². The first-order chi connectivity index (χ1) is 47.4. The average molecular weight is 1470 g/mol. The molecule has 12 atom stereocenters. The Morgan fingerprint density at radius 1 is 0.646 bits per heavy atom. The molecule has 4 aromatic heterocycles. The third kappa shape index (κ3) is 16.9. The Morgan fingerprint density at radius 3 is 1.56 bits per heavy atom. The van der Waals surface area contributed by atoms with E-state index >= 15 is 0 Å². The molecule has 0 saturated carbocycles. The summed E-state index contributed by atoms with van der Waals surface area (Å²) in [6.45, 7) is 3.07. The number of anilines is 1. The summed E-state index contributed by atoms with van der Waals surface area (Å²) in [6.07, 6.45) is -8.63. The van der Waals surface area contributed by atoms with Crippen LogP contribution >= 0.6 is 13.4 Å². The monoisotopic (exact) mass is 1470 g/mol. The van der Waals surface area contributed by atoms with Crippen LogP contribution in [0.1, 0.15) is 63.4 Å². The maximum Gasteiger partial charge on any atom is 0.330 e. The molecule has 4 aromatic carbocycles. The van der Waals surface area contributed by atoms with E-state index < -0.39 is 145 Å². The van der Waals surface area contributed by atoms with Gasteiger partial charge in [0.2, 0.25) is 5.95 Å². The second-order valence-corrected chi connectivity index (χ2v) is 40.1. The number of benzene rings is 4. The highest BCUT2D eigenvalue weighted by molar-refractivity contribution is 8.07. The number of H-pyrrole nitrogens is 3. The maximum absolute atomic E-state index is 13.8. The second kappa shape index (κ2) is 31.6. The lowest BCUT2D eigenvalue weighted by Gasteiger charge is -2.33. The molecule has 3 saturated heterocycles. The van der Waals surface area contributed by atoms with Crippen LogP contribution in [-0.2, 0) is 74.5 Å². The molecular weight excluding hydrogens is 1390 g/mol. The van der Waals surface area contributed by atoms with E-state index in [0.29, 0.717) is 18.6 Å². The summed E-state index contributed by atoms with van der Waals surface area (Å²) >= 11 is 12.9. The summed E-state index contributed by atoms with van der Waals surface area (Å²) < 4.78 is 70.1. The average Bonchev–Trinajstić information content (AvgIpc) is 1.45. The molecule has 6 N–H and O–H groups in total. The molecule has 33 heteroatoms. The number of aliphatic hydroxyl groups excluding tert-OH is 2. The van der Waals surface area contributed by atoms with Gasteiger partial charge < -0.3 is 57.1 Å². The van der Waals surface area contributed by atoms with Gasteiger partial charge in [-0.1, -0.05) is 169 Å². The quantitative estimate of drug-likeness (QED) is 0.0201. The first-order valence-electron chi connectivity index (χ1n) is 32.5. The normalized spacial score (nSPS) is 23.1. The molecule has 0 spiro atoms. The van der Waals surface area contributed by atoms with Crippen LogP contribution in [0.25, 0.3) is 11.2 Å². The predicted octanol–water partition coefficient (Wildman–Crippen LogP) is 4.73. The highest BCUT2D eigenvalue weighted by Crippen LogP contribution is 2.57. The second-order valence-electron chi connectivity index (χ2n) is 25.6. The van der Waals surface area contributed by atoms with Crippen molar-refractivity contribution in [3.05, 3.63) is 203 Å². The first kappa shape index (κ1) is 73.4. The number of carbonyl (C=O) groups excluding carboxylic acids is 1. The largest absolute Gasteiger partial charge is 0.460 e. The van der Waals surface area contributed by atoms with Crippen LogP contribution in [0.15, 0.2) is 164 Å². The number of aryl methyl sites for hydroxylation is 2. The highest BCUT2D eigenvalue weighted by atomic mass is 32.5. The molecule has 99 heavy (non-hydrogen) atoms. The van der Waals surface area contributed by atoms with Gasteiger partial charge in [-0.25, -0.2) is 14.6 Å². The maximum atomic E-state index is 13.8. The number of aromatic amines is 3. The van der Waals surface area contributed by atoms with E-state index in [1.807, 2.05) is 86.6 Å². The highest BCUT2D eigenvalue weighted by Gasteiger charge is 2.51. The Labute approximate surface area is 581 Å². The third-order valence-corrected chi connectivity index (χ3v) is 31.7. The van der Waals surface area contributed by atoms with E-state index in [-0.39, 0.29) is 60.2 Å². The van der Waals surface area contributed by atoms with Crippen LogP contribution in [0.2, 0.25) is 25.2 Å². The Kier molecular flexibility index (Phi) is 23.4. The number of carbonyl (C=O) groups is 1. The minimum atomic E-state index is -4.27. The van der Waals surface area contributed by atoms with Gasteiger partial charge in [0, 0.05) is 49.8 Å². The molecule has 2 unspecified atom stereocenters. The Morgan fingerprint density at radius 2 is 1.10 bits per heavy atom. The van der Waals surface area contributed by atoms with Crippen molar-refractivity contribution in [1.29, 1.82) is 0 Å². The van der Waals surface area contributed by atoms with Gasteiger partial charge in [-0.2, -0.15) is 4.98 Å². The zero-order valence-corrected chi connectivity index (χ0v) is 61.0. The smallest absolute Gasteiger partial charge is 0.330 e. The zero-order chi connectivity index (χ0) is 70.4. The lowest BCUT2D eigenvalue weighted by atomic mass is 10.1. The van der Waals surface area contributed by atoms with Crippen LogP contribution in [0.4, 0.5) is 5.95 Å². The standard InChI is InChI=1S/C66H81N9O18P2S2Si2/c1-41(2)34-67-64-69-59-56(62(81)70-64)68-40-75(59)63-57(78)58(51(37-76)91-63)93-95(97,85-29-31-99(7,47-24-16-10-17-25-47)48-26-18-11-19-27-48)87-39-53-50(33-55(90-53)74-36-43(4)61(80)72-66(74)83)92-94(96,84-28-30-98(6,45-20-12-8-13-21-45)46-22-14-9-15-23-46)86-38-52-49(88-44(5)77)32-54(89-52)73-35-42(3)60(79)71-65(73)82/h8-27,35-36,40-41,49-55,57-58,63,76,78H,28-34,37-39H2,1-7H3,(H,71,79,82)(H,72,80,83)(H2,67,69,70,81)/t49-,50-,51+,52+,53+,54+,55+,57+,58+,63+,94?,95?/m0/s1. The summed E-state index contributed by atoms with van der Waals surface area (Å²) in [6, 6.07) is 41.1. The molecule has 11 rings (SSSR count). The topological polar surface area (TPSA) is 335 Å². The van der Waals surface area contributed by atoms with E-state index in [1.165, 1.54) is 53.2 Å². The van der Waals surface area contributed by atoms with Gasteiger partial charge in [0.05, 0.1) is 45.5 Å². The number of ether oxygens (including phenoxy) is 4.